The summed E-state index contributed by atoms with van der Waals surface area (Å²) in [5.74, 6) is -0.879. The van der Waals surface area contributed by atoms with Crippen LogP contribution in [-0.2, 0) is 4.79 Å². The van der Waals surface area contributed by atoms with Gasteiger partial charge in [0.25, 0.3) is 0 Å². The monoisotopic (exact) mass is 146 g/mol. The van der Waals surface area contributed by atoms with Gasteiger partial charge in [-0.05, 0) is 13.2 Å². The van der Waals surface area contributed by atoms with E-state index in [4.69, 9.17) is 5.11 Å². The largest absolute Gasteiger partial charge is 0.478 e. The summed E-state index contributed by atoms with van der Waals surface area (Å²) in [6.07, 6.45) is 4.77. The van der Waals surface area contributed by atoms with Crippen LogP contribution in [0.25, 0.3) is 0 Å². The summed E-state index contributed by atoms with van der Waals surface area (Å²) in [6.45, 7) is 1.95. The number of carboxylic acid groups (broad SMARTS) is 1. The summed E-state index contributed by atoms with van der Waals surface area (Å²) in [5.41, 5.74) is 0. The van der Waals surface area contributed by atoms with E-state index < -0.39 is 5.97 Å². The van der Waals surface area contributed by atoms with Crippen molar-refractivity contribution in [2.45, 2.75) is 12.2 Å². The molecular formula is C6H10O2S. The summed E-state index contributed by atoms with van der Waals surface area (Å²) in [5, 5.41) is 8.45. The van der Waals surface area contributed by atoms with Crippen LogP contribution in [0.4, 0.5) is 0 Å². The zero-order valence-corrected chi connectivity index (χ0v) is 6.31. The first-order valence-corrected chi connectivity index (χ1v) is 3.89. The summed E-state index contributed by atoms with van der Waals surface area (Å²) < 4.78 is 0. The Morgan fingerprint density at radius 2 is 2.33 bits per heavy atom. The molecule has 0 amide bonds. The van der Waals surface area contributed by atoms with Crippen molar-refractivity contribution in [2.75, 3.05) is 6.26 Å². The third-order valence-electron chi connectivity index (χ3n) is 0.882. The van der Waals surface area contributed by atoms with E-state index in [-0.39, 0.29) is 0 Å². The molecule has 0 rings (SSSR count). The first kappa shape index (κ1) is 8.56. The molecule has 0 aromatic carbocycles. The van der Waals surface area contributed by atoms with Crippen molar-refractivity contribution in [3.8, 4) is 0 Å². The molecule has 3 heteroatoms. The maximum Gasteiger partial charge on any atom is 0.328 e. The van der Waals surface area contributed by atoms with E-state index in [1.54, 1.807) is 17.8 Å². The highest BCUT2D eigenvalue weighted by molar-refractivity contribution is 7.99. The minimum Gasteiger partial charge on any atom is -0.478 e. The van der Waals surface area contributed by atoms with Crippen LogP contribution in [-0.4, -0.2) is 22.6 Å². The normalized spacial score (nSPS) is 14.0. The van der Waals surface area contributed by atoms with Crippen LogP contribution in [0, 0.1) is 0 Å². The molecule has 0 bridgehead atoms. The van der Waals surface area contributed by atoms with Gasteiger partial charge in [0.05, 0.1) is 0 Å². The van der Waals surface area contributed by atoms with Crippen molar-refractivity contribution < 1.29 is 9.90 Å². The van der Waals surface area contributed by atoms with Crippen molar-refractivity contribution in [1.82, 2.24) is 0 Å². The molecule has 0 aliphatic carbocycles. The molecule has 0 aliphatic heterocycles. The van der Waals surface area contributed by atoms with Gasteiger partial charge in [-0.25, -0.2) is 4.79 Å². The molecule has 0 saturated heterocycles. The zero-order chi connectivity index (χ0) is 7.28. The predicted molar refractivity (Wildman–Crippen MR) is 39.8 cm³/mol. The molecule has 0 radical (unpaired) electrons. The van der Waals surface area contributed by atoms with Crippen LogP contribution in [0.3, 0.4) is 0 Å². The number of rotatable bonds is 3. The summed E-state index contributed by atoms with van der Waals surface area (Å²) in [4.78, 5) is 9.92. The molecule has 9 heavy (non-hydrogen) atoms. The lowest BCUT2D eigenvalue weighted by Gasteiger charge is -1.96. The minimum atomic E-state index is -0.879. The SMILES string of the molecule is CSC(C)C=CC(=O)O. The van der Waals surface area contributed by atoms with Gasteiger partial charge in [0.1, 0.15) is 0 Å². The number of aliphatic carboxylic acids is 1. The first-order valence-electron chi connectivity index (χ1n) is 2.60. The average Bonchev–Trinajstić information content (AvgIpc) is 1.83. The van der Waals surface area contributed by atoms with Crippen molar-refractivity contribution in [1.29, 1.82) is 0 Å². The van der Waals surface area contributed by atoms with E-state index in [2.05, 4.69) is 0 Å². The number of carbonyl (C=O) groups is 1. The Bertz CT molecular complexity index is 120. The van der Waals surface area contributed by atoms with Crippen LogP contribution < -0.4 is 0 Å². The van der Waals surface area contributed by atoms with Crippen LogP contribution in [0.1, 0.15) is 6.92 Å². The fraction of sp³-hybridized carbons (Fsp3) is 0.500. The third-order valence-corrected chi connectivity index (χ3v) is 1.78. The van der Waals surface area contributed by atoms with Gasteiger partial charge in [-0.3, -0.25) is 0 Å². The highest BCUT2D eigenvalue weighted by atomic mass is 32.2. The number of carboxylic acids is 1. The fourth-order valence-electron chi connectivity index (χ4n) is 0.296. The molecule has 1 atom stereocenters. The molecular weight excluding hydrogens is 136 g/mol. The summed E-state index contributed by atoms with van der Waals surface area (Å²) >= 11 is 1.62. The van der Waals surface area contributed by atoms with Crippen LogP contribution in [0.15, 0.2) is 12.2 Å². The molecule has 1 unspecified atom stereocenters. The number of thioether (sulfide) groups is 1. The lowest BCUT2D eigenvalue weighted by Crippen LogP contribution is -1.92. The molecule has 1 N–H and O–H groups in total. The Kier molecular flexibility index (Phi) is 4.22. The molecule has 52 valence electrons. The van der Waals surface area contributed by atoms with Gasteiger partial charge in [-0.2, -0.15) is 11.8 Å². The van der Waals surface area contributed by atoms with Crippen LogP contribution in [0.2, 0.25) is 0 Å². The molecule has 0 heterocycles. The van der Waals surface area contributed by atoms with Gasteiger partial charge >= 0.3 is 5.97 Å². The summed E-state index contributed by atoms with van der Waals surface area (Å²) in [6, 6.07) is 0. The lowest BCUT2D eigenvalue weighted by molar-refractivity contribution is -0.131. The Balaban J connectivity index is 3.56. The smallest absolute Gasteiger partial charge is 0.328 e. The van der Waals surface area contributed by atoms with Gasteiger partial charge in [0.15, 0.2) is 0 Å². The summed E-state index contributed by atoms with van der Waals surface area (Å²) in [7, 11) is 0. The highest BCUT2D eigenvalue weighted by Gasteiger charge is 1.91. The van der Waals surface area contributed by atoms with E-state index in [0.717, 1.165) is 0 Å². The van der Waals surface area contributed by atoms with E-state index in [9.17, 15) is 4.79 Å². The lowest BCUT2D eigenvalue weighted by atomic mass is 10.4. The van der Waals surface area contributed by atoms with E-state index >= 15 is 0 Å². The van der Waals surface area contributed by atoms with Crippen LogP contribution >= 0.6 is 11.8 Å². The second-order valence-electron chi connectivity index (χ2n) is 1.64. The second kappa shape index (κ2) is 4.44. The molecule has 2 nitrogen and oxygen atoms in total. The minimum absolute atomic E-state index is 0.293. The molecule has 0 aromatic rings. The van der Waals surface area contributed by atoms with Gasteiger partial charge in [0.2, 0.25) is 0 Å². The van der Waals surface area contributed by atoms with Crippen molar-refractivity contribution >= 4 is 17.7 Å². The highest BCUT2D eigenvalue weighted by Crippen LogP contribution is 2.05. The van der Waals surface area contributed by atoms with Gasteiger partial charge < -0.3 is 5.11 Å². The third kappa shape index (κ3) is 5.43. The molecule has 0 aromatic heterocycles. The van der Waals surface area contributed by atoms with Crippen molar-refractivity contribution in [3.63, 3.8) is 0 Å². The second-order valence-corrected chi connectivity index (χ2v) is 2.85. The van der Waals surface area contributed by atoms with E-state index in [1.807, 2.05) is 13.2 Å². The topological polar surface area (TPSA) is 37.3 Å². The standard InChI is InChI=1S/C6H10O2S/c1-5(9-2)3-4-6(7)8/h3-5H,1-2H3,(H,7,8). The first-order chi connectivity index (χ1) is 4.16. The van der Waals surface area contributed by atoms with Gasteiger partial charge in [-0.15, -0.1) is 0 Å². The van der Waals surface area contributed by atoms with Crippen molar-refractivity contribution in [2.24, 2.45) is 0 Å². The Morgan fingerprint density at radius 3 is 2.67 bits per heavy atom. The quantitative estimate of drug-likeness (QED) is 0.611. The molecule has 0 saturated carbocycles. The van der Waals surface area contributed by atoms with Gasteiger partial charge in [0, 0.05) is 11.3 Å². The zero-order valence-electron chi connectivity index (χ0n) is 5.50. The maximum absolute atomic E-state index is 9.92. The molecule has 0 aliphatic rings. The molecule has 0 fully saturated rings. The van der Waals surface area contributed by atoms with E-state index in [1.165, 1.54) is 6.08 Å². The number of hydrogen-bond donors (Lipinski definition) is 1. The predicted octanol–water partition coefficient (Wildman–Crippen LogP) is 1.38. The van der Waals surface area contributed by atoms with Crippen LogP contribution in [0.5, 0.6) is 0 Å². The van der Waals surface area contributed by atoms with E-state index in [0.29, 0.717) is 5.25 Å². The Labute approximate surface area is 59.0 Å². The van der Waals surface area contributed by atoms with Gasteiger partial charge in [-0.1, -0.05) is 6.08 Å². The number of hydrogen-bond acceptors (Lipinski definition) is 2. The van der Waals surface area contributed by atoms with Crippen molar-refractivity contribution in [3.05, 3.63) is 12.2 Å². The average molecular weight is 146 g/mol. The molecule has 0 spiro atoms. The maximum atomic E-state index is 9.92. The fourth-order valence-corrected chi connectivity index (χ4v) is 0.532. The Hall–Kier alpha value is -0.440. The Morgan fingerprint density at radius 1 is 1.78 bits per heavy atom.